The molecule has 1 rings (SSSR count). The van der Waals surface area contributed by atoms with E-state index in [4.69, 9.17) is 11.6 Å². The largest absolute Gasteiger partial charge is 0.127 e. The summed E-state index contributed by atoms with van der Waals surface area (Å²) in [6.45, 7) is 4.62. The molecule has 1 aliphatic carbocycles. The van der Waals surface area contributed by atoms with Crippen molar-refractivity contribution in [2.75, 3.05) is 5.88 Å². The maximum absolute atomic E-state index is 5.56. The molecule has 1 fully saturated rings. The molecule has 0 radical (unpaired) electrons. The molecule has 0 amide bonds. The first-order valence-electron chi connectivity index (χ1n) is 3.23. The van der Waals surface area contributed by atoms with Crippen LogP contribution in [0.15, 0.2) is 0 Å². The molecule has 0 saturated heterocycles. The van der Waals surface area contributed by atoms with E-state index >= 15 is 0 Å². The molecule has 1 heteroatoms. The van der Waals surface area contributed by atoms with E-state index in [0.29, 0.717) is 5.41 Å². The van der Waals surface area contributed by atoms with Gasteiger partial charge in [-0.3, -0.25) is 0 Å². The highest BCUT2D eigenvalue weighted by Gasteiger charge is 2.44. The predicted octanol–water partition coefficient (Wildman–Crippen LogP) is 2.66. The van der Waals surface area contributed by atoms with E-state index < -0.39 is 0 Å². The van der Waals surface area contributed by atoms with Gasteiger partial charge in [-0.2, -0.15) is 0 Å². The Balaban J connectivity index is 2.17. The van der Waals surface area contributed by atoms with E-state index in [1.165, 1.54) is 12.8 Å². The highest BCUT2D eigenvalue weighted by Crippen LogP contribution is 2.53. The molecule has 1 aliphatic rings. The molecule has 0 aromatic carbocycles. The molecule has 0 nitrogen and oxygen atoms in total. The molecular weight excluding hydrogens is 120 g/mol. The lowest BCUT2D eigenvalue weighted by molar-refractivity contribution is 0.551. The van der Waals surface area contributed by atoms with Gasteiger partial charge >= 0.3 is 0 Å². The Morgan fingerprint density at radius 2 is 2.12 bits per heavy atom. The van der Waals surface area contributed by atoms with Crippen LogP contribution in [0.5, 0.6) is 0 Å². The molecule has 1 atom stereocenters. The van der Waals surface area contributed by atoms with Gasteiger partial charge in [0.25, 0.3) is 0 Å². The van der Waals surface area contributed by atoms with Crippen LogP contribution < -0.4 is 0 Å². The lowest BCUT2D eigenvalue weighted by atomic mass is 10.1. The van der Waals surface area contributed by atoms with Gasteiger partial charge in [0.15, 0.2) is 0 Å². The fourth-order valence-electron chi connectivity index (χ4n) is 1.20. The van der Waals surface area contributed by atoms with E-state index in [2.05, 4.69) is 13.8 Å². The molecule has 0 bridgehead atoms. The zero-order chi connectivity index (χ0) is 6.20. The van der Waals surface area contributed by atoms with Gasteiger partial charge in [-0.25, -0.2) is 0 Å². The third kappa shape index (κ3) is 1.17. The van der Waals surface area contributed by atoms with E-state index in [0.717, 1.165) is 11.8 Å². The molecule has 0 spiro atoms. The lowest BCUT2D eigenvalue weighted by Gasteiger charge is -1.97. The number of rotatable bonds is 2. The normalized spacial score (nSPS) is 32.6. The minimum absolute atomic E-state index is 0.634. The lowest BCUT2D eigenvalue weighted by Crippen LogP contribution is -1.89. The van der Waals surface area contributed by atoms with Crippen LogP contribution >= 0.6 is 11.6 Å². The zero-order valence-corrected chi connectivity index (χ0v) is 6.33. The van der Waals surface area contributed by atoms with E-state index in [1.807, 2.05) is 0 Å². The Labute approximate surface area is 56.2 Å². The molecule has 0 N–H and O–H groups in total. The third-order valence-electron chi connectivity index (χ3n) is 2.18. The van der Waals surface area contributed by atoms with Crippen molar-refractivity contribution in [3.05, 3.63) is 0 Å². The van der Waals surface area contributed by atoms with Crippen LogP contribution in [0.1, 0.15) is 26.7 Å². The van der Waals surface area contributed by atoms with E-state index in [9.17, 15) is 0 Å². The first-order valence-corrected chi connectivity index (χ1v) is 3.76. The molecule has 0 aliphatic heterocycles. The molecule has 0 aromatic rings. The molecule has 0 aromatic heterocycles. The first-order chi connectivity index (χ1) is 3.67. The fourth-order valence-corrected chi connectivity index (χ4v) is 1.46. The Morgan fingerprint density at radius 3 is 2.25 bits per heavy atom. The van der Waals surface area contributed by atoms with Crippen molar-refractivity contribution in [1.29, 1.82) is 0 Å². The van der Waals surface area contributed by atoms with Gasteiger partial charge in [0.2, 0.25) is 0 Å². The minimum atomic E-state index is 0.634. The van der Waals surface area contributed by atoms with E-state index in [1.54, 1.807) is 0 Å². The van der Waals surface area contributed by atoms with Gasteiger partial charge in [0, 0.05) is 5.88 Å². The molecule has 1 saturated carbocycles. The third-order valence-corrected chi connectivity index (χ3v) is 2.39. The minimum Gasteiger partial charge on any atom is -0.127 e. The Bertz CT molecular complexity index is 86.4. The van der Waals surface area contributed by atoms with Crippen molar-refractivity contribution in [3.63, 3.8) is 0 Å². The van der Waals surface area contributed by atoms with Crippen molar-refractivity contribution in [3.8, 4) is 0 Å². The van der Waals surface area contributed by atoms with Crippen molar-refractivity contribution in [2.45, 2.75) is 26.7 Å². The summed E-state index contributed by atoms with van der Waals surface area (Å²) in [7, 11) is 0. The summed E-state index contributed by atoms with van der Waals surface area (Å²) in [4.78, 5) is 0. The monoisotopic (exact) mass is 132 g/mol. The molecule has 8 heavy (non-hydrogen) atoms. The summed E-state index contributed by atoms with van der Waals surface area (Å²) in [6.07, 6.45) is 2.61. The first kappa shape index (κ1) is 6.41. The molecular formula is C7H13Cl. The SMILES string of the molecule is CC1(C)CC1CCCl. The standard InChI is InChI=1S/C7H13Cl/c1-7(2)5-6(7)3-4-8/h6H,3-5H2,1-2H3. The molecule has 48 valence electrons. The van der Waals surface area contributed by atoms with Gasteiger partial charge in [-0.05, 0) is 24.2 Å². The second-order valence-corrected chi connectivity index (χ2v) is 3.75. The highest BCUT2D eigenvalue weighted by molar-refractivity contribution is 6.17. The van der Waals surface area contributed by atoms with Gasteiger partial charge < -0.3 is 0 Å². The van der Waals surface area contributed by atoms with Crippen molar-refractivity contribution < 1.29 is 0 Å². The summed E-state index contributed by atoms with van der Waals surface area (Å²) in [5.41, 5.74) is 0.634. The second kappa shape index (κ2) is 1.91. The van der Waals surface area contributed by atoms with Crippen LogP contribution in [-0.2, 0) is 0 Å². The molecule has 1 unspecified atom stereocenters. The van der Waals surface area contributed by atoms with E-state index in [-0.39, 0.29) is 0 Å². The van der Waals surface area contributed by atoms with Gasteiger partial charge in [0.1, 0.15) is 0 Å². The van der Waals surface area contributed by atoms with Crippen LogP contribution in [-0.4, -0.2) is 5.88 Å². The topological polar surface area (TPSA) is 0 Å². The second-order valence-electron chi connectivity index (χ2n) is 3.37. The van der Waals surface area contributed by atoms with Crippen molar-refractivity contribution in [1.82, 2.24) is 0 Å². The number of halogens is 1. The summed E-state index contributed by atoms with van der Waals surface area (Å²) >= 11 is 5.56. The van der Waals surface area contributed by atoms with Gasteiger partial charge in [0.05, 0.1) is 0 Å². The maximum Gasteiger partial charge on any atom is 0.0226 e. The highest BCUT2D eigenvalue weighted by atomic mass is 35.5. The summed E-state index contributed by atoms with van der Waals surface area (Å²) < 4.78 is 0. The predicted molar refractivity (Wildman–Crippen MR) is 37.2 cm³/mol. The maximum atomic E-state index is 5.56. The summed E-state index contributed by atoms with van der Waals surface area (Å²) in [6, 6.07) is 0. The van der Waals surface area contributed by atoms with Crippen LogP contribution in [0.2, 0.25) is 0 Å². The van der Waals surface area contributed by atoms with Gasteiger partial charge in [-0.15, -0.1) is 11.6 Å². The Kier molecular flexibility index (Phi) is 1.53. The average molecular weight is 133 g/mol. The van der Waals surface area contributed by atoms with Crippen LogP contribution in [0.25, 0.3) is 0 Å². The number of alkyl halides is 1. The fraction of sp³-hybridized carbons (Fsp3) is 1.00. The van der Waals surface area contributed by atoms with Crippen LogP contribution in [0, 0.1) is 11.3 Å². The Hall–Kier alpha value is 0.290. The quantitative estimate of drug-likeness (QED) is 0.507. The van der Waals surface area contributed by atoms with Crippen LogP contribution in [0.3, 0.4) is 0 Å². The molecule has 0 heterocycles. The summed E-state index contributed by atoms with van der Waals surface area (Å²) in [5, 5.41) is 0. The average Bonchev–Trinajstić information content (AvgIpc) is 2.15. The van der Waals surface area contributed by atoms with Gasteiger partial charge in [-0.1, -0.05) is 13.8 Å². The number of hydrogen-bond acceptors (Lipinski definition) is 0. The Morgan fingerprint density at radius 1 is 1.62 bits per heavy atom. The zero-order valence-electron chi connectivity index (χ0n) is 5.58. The smallest absolute Gasteiger partial charge is 0.0226 e. The van der Waals surface area contributed by atoms with Crippen LogP contribution in [0.4, 0.5) is 0 Å². The number of hydrogen-bond donors (Lipinski definition) is 0. The summed E-state index contributed by atoms with van der Waals surface area (Å²) in [5.74, 6) is 1.77. The van der Waals surface area contributed by atoms with Crippen molar-refractivity contribution >= 4 is 11.6 Å². The van der Waals surface area contributed by atoms with Crippen molar-refractivity contribution in [2.24, 2.45) is 11.3 Å².